The van der Waals surface area contributed by atoms with Crippen LogP contribution in [-0.2, 0) is 10.1 Å². The number of allylic oxidation sites excluding steroid dienone is 2. The molecule has 1 aromatic carbocycles. The molecule has 0 atom stereocenters. The molecule has 2 heterocycles. The Balaban J connectivity index is 0.000000604. The third kappa shape index (κ3) is 9.31. The first-order valence-corrected chi connectivity index (χ1v) is 14.6. The minimum absolute atomic E-state index is 0.192. The van der Waals surface area contributed by atoms with Crippen molar-refractivity contribution in [2.45, 2.75) is 40.0 Å². The summed E-state index contributed by atoms with van der Waals surface area (Å²) in [6, 6.07) is 7.45. The average molecular weight is 551 g/mol. The summed E-state index contributed by atoms with van der Waals surface area (Å²) >= 11 is 5.46. The van der Waals surface area contributed by atoms with Crippen LogP contribution < -0.4 is 14.4 Å². The zero-order chi connectivity index (χ0) is 27.4. The normalized spacial score (nSPS) is 16.2. The number of thiocarbonyl (C=S) groups is 1. The van der Waals surface area contributed by atoms with Crippen LogP contribution in [0.1, 0.15) is 40.0 Å². The van der Waals surface area contributed by atoms with Gasteiger partial charge in [-0.2, -0.15) is 13.7 Å². The van der Waals surface area contributed by atoms with E-state index in [0.29, 0.717) is 33.6 Å². The van der Waals surface area contributed by atoms with Gasteiger partial charge in [0.15, 0.2) is 5.75 Å². The molecular weight excluding hydrogens is 512 g/mol. The number of hydrogen-bond acceptors (Lipinski definition) is 8. The van der Waals surface area contributed by atoms with Crippen molar-refractivity contribution in [3.8, 4) is 17.6 Å². The second kappa shape index (κ2) is 14.9. The molecule has 204 valence electrons. The van der Waals surface area contributed by atoms with E-state index in [0.717, 1.165) is 25.9 Å². The Morgan fingerprint density at radius 2 is 1.89 bits per heavy atom. The zero-order valence-corrected chi connectivity index (χ0v) is 23.8. The van der Waals surface area contributed by atoms with E-state index in [9.17, 15) is 13.7 Å². The molecule has 1 saturated heterocycles. The van der Waals surface area contributed by atoms with Gasteiger partial charge in [-0.1, -0.05) is 33.0 Å². The van der Waals surface area contributed by atoms with Crippen LogP contribution in [0.5, 0.6) is 11.5 Å². The Bertz CT molecular complexity index is 1110. The summed E-state index contributed by atoms with van der Waals surface area (Å²) in [5.41, 5.74) is 1.08. The minimum atomic E-state index is -4.06. The molecule has 11 heteroatoms. The first-order chi connectivity index (χ1) is 17.7. The summed E-state index contributed by atoms with van der Waals surface area (Å²) in [5.74, 6) is 1.28. The fourth-order valence-electron chi connectivity index (χ4n) is 4.04. The topological polar surface area (TPSA) is 106 Å². The molecule has 1 N–H and O–H groups in total. The molecule has 0 bridgehead atoms. The van der Waals surface area contributed by atoms with Gasteiger partial charge in [0.2, 0.25) is 5.88 Å². The molecule has 0 unspecified atom stereocenters. The Morgan fingerprint density at radius 3 is 2.41 bits per heavy atom. The van der Waals surface area contributed by atoms with E-state index in [4.69, 9.17) is 26.2 Å². The number of fused-ring (bicyclic) bond motifs is 1. The van der Waals surface area contributed by atoms with Crippen molar-refractivity contribution in [1.29, 1.82) is 5.26 Å². The fraction of sp³-hybridized carbons (Fsp3) is 0.538. The average Bonchev–Trinajstić information content (AvgIpc) is 3.53. The highest BCUT2D eigenvalue weighted by atomic mass is 32.2. The fourth-order valence-corrected chi connectivity index (χ4v) is 4.83. The van der Waals surface area contributed by atoms with Crippen molar-refractivity contribution in [3.63, 3.8) is 0 Å². The second-order valence-electron chi connectivity index (χ2n) is 8.54. The molecule has 3 rings (SSSR count). The summed E-state index contributed by atoms with van der Waals surface area (Å²) < 4.78 is 42.4. The van der Waals surface area contributed by atoms with Gasteiger partial charge in [-0.3, -0.25) is 4.55 Å². The molecule has 1 fully saturated rings. The lowest BCUT2D eigenvalue weighted by Crippen LogP contribution is -2.27. The molecule has 9 nitrogen and oxygen atoms in total. The number of ether oxygens (including phenoxy) is 2. The van der Waals surface area contributed by atoms with Crippen molar-refractivity contribution < 1.29 is 22.4 Å². The molecule has 0 aromatic heterocycles. The quantitative estimate of drug-likeness (QED) is 0.197. The monoisotopic (exact) mass is 550 g/mol. The number of methoxy groups -OCH3 is 1. The van der Waals surface area contributed by atoms with Crippen LogP contribution >= 0.6 is 12.2 Å². The van der Waals surface area contributed by atoms with E-state index in [2.05, 4.69) is 31.7 Å². The van der Waals surface area contributed by atoms with Gasteiger partial charge in [0.1, 0.15) is 16.8 Å². The van der Waals surface area contributed by atoms with E-state index in [-0.39, 0.29) is 18.7 Å². The number of hydrogen-bond donors (Lipinski definition) is 1. The van der Waals surface area contributed by atoms with Gasteiger partial charge < -0.3 is 24.2 Å². The summed E-state index contributed by atoms with van der Waals surface area (Å²) in [6.07, 6.45) is 5.58. The highest BCUT2D eigenvalue weighted by molar-refractivity contribution is 7.85. The first-order valence-electron chi connectivity index (χ1n) is 12.6. The summed E-state index contributed by atoms with van der Waals surface area (Å²) in [6.45, 7) is 12.1. The Labute approximate surface area is 226 Å². The van der Waals surface area contributed by atoms with E-state index in [1.165, 1.54) is 19.6 Å². The maximum absolute atomic E-state index is 11.1. The standard InChI is InChI=1S/C20H23N3O5S2.C6H15N/c1-27-16-6-7-18-17(13-16)23(11-4-12-30(24,25)26)19(28-18)8-5-15(14-21)20(29)22-9-2-3-10-22;1-4-7(5-2)6-3/h5-8,13H,2-4,9-12H2,1H3,(H,24,25,26);4-6H2,1-3H3. The van der Waals surface area contributed by atoms with E-state index in [1.54, 1.807) is 42.4 Å². The van der Waals surface area contributed by atoms with E-state index < -0.39 is 10.1 Å². The number of anilines is 1. The zero-order valence-electron chi connectivity index (χ0n) is 22.1. The van der Waals surface area contributed by atoms with Crippen molar-refractivity contribution >= 4 is 33.0 Å². The predicted octanol–water partition coefficient (Wildman–Crippen LogP) is 4.23. The maximum Gasteiger partial charge on any atom is 0.264 e. The van der Waals surface area contributed by atoms with E-state index >= 15 is 0 Å². The third-order valence-corrected chi connectivity index (χ3v) is 7.48. The maximum atomic E-state index is 11.1. The third-order valence-electron chi connectivity index (χ3n) is 6.20. The van der Waals surface area contributed by atoms with Gasteiger partial charge in [-0.05, 0) is 57.1 Å². The Kier molecular flexibility index (Phi) is 12.3. The van der Waals surface area contributed by atoms with Crippen molar-refractivity contribution in [2.24, 2.45) is 0 Å². The van der Waals surface area contributed by atoms with Gasteiger partial charge in [-0.25, -0.2) is 0 Å². The van der Waals surface area contributed by atoms with Crippen LogP contribution in [0.2, 0.25) is 0 Å². The van der Waals surface area contributed by atoms with E-state index in [1.807, 2.05) is 4.90 Å². The number of benzene rings is 1. The van der Waals surface area contributed by atoms with Crippen molar-refractivity contribution in [2.75, 3.05) is 57.0 Å². The molecule has 0 radical (unpaired) electrons. The van der Waals surface area contributed by atoms with Crippen LogP contribution in [0.4, 0.5) is 5.69 Å². The van der Waals surface area contributed by atoms with Gasteiger partial charge in [0.05, 0.1) is 24.1 Å². The smallest absolute Gasteiger partial charge is 0.264 e. The molecular formula is C26H38N4O5S2. The molecule has 37 heavy (non-hydrogen) atoms. The molecule has 2 aliphatic heterocycles. The van der Waals surface area contributed by atoms with Crippen molar-refractivity contribution in [1.82, 2.24) is 9.80 Å². The summed E-state index contributed by atoms with van der Waals surface area (Å²) in [4.78, 5) is 6.69. The predicted molar refractivity (Wildman–Crippen MR) is 151 cm³/mol. The number of rotatable bonds is 10. The number of nitriles is 1. The minimum Gasteiger partial charge on any atom is -0.497 e. The molecule has 1 aromatic rings. The highest BCUT2D eigenvalue weighted by Crippen LogP contribution is 2.41. The molecule has 0 saturated carbocycles. The van der Waals surface area contributed by atoms with Gasteiger partial charge >= 0.3 is 0 Å². The highest BCUT2D eigenvalue weighted by Gasteiger charge is 2.27. The Morgan fingerprint density at radius 1 is 1.24 bits per heavy atom. The van der Waals surface area contributed by atoms with Gasteiger partial charge in [0, 0.05) is 31.8 Å². The van der Waals surface area contributed by atoms with Crippen LogP contribution in [0.3, 0.4) is 0 Å². The van der Waals surface area contributed by atoms with Crippen LogP contribution in [0.25, 0.3) is 0 Å². The molecule has 0 amide bonds. The Hall–Kier alpha value is -2.65. The largest absolute Gasteiger partial charge is 0.497 e. The second-order valence-corrected chi connectivity index (χ2v) is 10.5. The molecule has 0 aliphatic carbocycles. The number of nitrogens with zero attached hydrogens (tertiary/aromatic N) is 4. The molecule has 2 aliphatic rings. The van der Waals surface area contributed by atoms with Crippen LogP contribution in [0, 0.1) is 11.3 Å². The summed E-state index contributed by atoms with van der Waals surface area (Å²) in [5, 5.41) is 9.54. The lowest BCUT2D eigenvalue weighted by atomic mass is 10.2. The lowest BCUT2D eigenvalue weighted by molar-refractivity contribution is 0.321. The van der Waals surface area contributed by atoms with Crippen LogP contribution in [0.15, 0.2) is 41.8 Å². The van der Waals surface area contributed by atoms with Gasteiger partial charge in [-0.15, -0.1) is 0 Å². The SMILES string of the molecule is CCN(CC)CC.COc1ccc2c(c1)N(CCCS(=O)(=O)O)C(=CC=C(C#N)C(=S)N1CCCC1)O2. The van der Waals surface area contributed by atoms with Crippen molar-refractivity contribution in [3.05, 3.63) is 41.8 Å². The lowest BCUT2D eigenvalue weighted by Gasteiger charge is -2.19. The first kappa shape index (κ1) is 30.6. The summed E-state index contributed by atoms with van der Waals surface area (Å²) in [7, 11) is -2.51. The van der Waals surface area contributed by atoms with Gasteiger partial charge in [0.25, 0.3) is 10.1 Å². The molecule has 0 spiro atoms. The van der Waals surface area contributed by atoms with Crippen LogP contribution in [-0.4, -0.2) is 79.9 Å². The number of likely N-dealkylation sites (tertiary alicyclic amines) is 1.